The molecule has 4 heterocycles. The fourth-order valence-electron chi connectivity index (χ4n) is 7.75. The Kier molecular flexibility index (Phi) is 22.3. The van der Waals surface area contributed by atoms with Crippen molar-refractivity contribution in [3.8, 4) is 0 Å². The van der Waals surface area contributed by atoms with Gasteiger partial charge >= 0.3 is 30.5 Å². The maximum Gasteiger partial charge on any atom is 0.417 e. The number of amides is 8. The van der Waals surface area contributed by atoms with Crippen LogP contribution in [0.2, 0.25) is 0 Å². The Labute approximate surface area is 435 Å². The smallest absolute Gasteiger partial charge is 0.417 e. The number of imide groups is 4. The molecule has 0 saturated carbocycles. The first-order chi connectivity index (χ1) is 35.5. The van der Waals surface area contributed by atoms with Gasteiger partial charge in [-0.2, -0.15) is 13.2 Å². The van der Waals surface area contributed by atoms with E-state index in [9.17, 15) is 51.5 Å². The number of cyclic esters (lactones) is 4. The lowest BCUT2D eigenvalue weighted by atomic mass is 10.0. The minimum atomic E-state index is -4.42. The van der Waals surface area contributed by atoms with Crippen molar-refractivity contribution in [2.75, 3.05) is 19.8 Å². The van der Waals surface area contributed by atoms with E-state index in [0.717, 1.165) is 40.7 Å². The highest BCUT2D eigenvalue weighted by molar-refractivity contribution is 6.03. The molecule has 5 atom stereocenters. The molecule has 4 aliphatic rings. The van der Waals surface area contributed by atoms with Crippen LogP contribution in [0.25, 0.3) is 12.2 Å². The molecule has 0 radical (unpaired) electrons. The molecule has 0 bridgehead atoms. The van der Waals surface area contributed by atoms with Gasteiger partial charge in [-0.15, -0.1) is 0 Å². The third kappa shape index (κ3) is 16.6. The number of hydrogen-bond acceptors (Lipinski definition) is 12. The predicted octanol–water partition coefficient (Wildman–Crippen LogP) is 11.1. The second-order valence-electron chi connectivity index (χ2n) is 18.5. The van der Waals surface area contributed by atoms with Gasteiger partial charge in [0.2, 0.25) is 0 Å². The van der Waals surface area contributed by atoms with E-state index < -0.39 is 54.2 Å². The molecule has 7 rings (SSSR count). The van der Waals surface area contributed by atoms with Crippen LogP contribution in [-0.2, 0) is 44.3 Å². The van der Waals surface area contributed by atoms with Gasteiger partial charge in [-0.3, -0.25) is 19.2 Å². The quantitative estimate of drug-likeness (QED) is 0.131. The monoisotopic (exact) mass is 1040 g/mol. The fraction of sp³-hybridized carbons (Fsp3) is 0.393. The Bertz CT molecular complexity index is 2580. The number of carbonyl (C=O) groups excluding carboxylic acids is 8. The van der Waals surface area contributed by atoms with Crippen molar-refractivity contribution in [1.29, 1.82) is 0 Å². The Morgan fingerprint density at radius 3 is 1.35 bits per heavy atom. The molecular formula is C56H65F3N4O12. The number of carbonyl (C=O) groups is 8. The molecule has 0 spiro atoms. The first kappa shape index (κ1) is 59.7. The highest BCUT2D eigenvalue weighted by Crippen LogP contribution is 2.33. The topological polar surface area (TPSA) is 186 Å². The molecule has 0 unspecified atom stereocenters. The van der Waals surface area contributed by atoms with Crippen molar-refractivity contribution in [2.45, 2.75) is 105 Å². The lowest BCUT2D eigenvalue weighted by Crippen LogP contribution is -2.40. The van der Waals surface area contributed by atoms with Gasteiger partial charge in [0.05, 0.1) is 29.7 Å². The molecule has 19 heteroatoms. The number of ether oxygens (including phenoxy) is 4. The van der Waals surface area contributed by atoms with E-state index in [4.69, 9.17) is 18.9 Å². The number of benzene rings is 3. The zero-order valence-electron chi connectivity index (χ0n) is 43.5. The molecule has 16 nitrogen and oxygen atoms in total. The molecular weight excluding hydrogens is 978 g/mol. The van der Waals surface area contributed by atoms with E-state index in [-0.39, 0.29) is 60.2 Å². The molecule has 3 aromatic rings. The summed E-state index contributed by atoms with van der Waals surface area (Å²) in [7, 11) is 0. The zero-order chi connectivity index (χ0) is 55.6. The highest BCUT2D eigenvalue weighted by Gasteiger charge is 2.43. The standard InChI is InChI=1S/C20H16F3NO3.C15H17NO3.C11H17NO3.C10H15NO3/c1-13-18(15-5-3-2-4-6-15)27-19(26)24(13)17(25)12-9-14-7-10-16(11-8-14)20(21,22)23;1-11(2)13-10-19-15(18)16(13)14(17)9-8-12-6-4-3-5-7-12;1-4-5-6-10(13)12-9(8(2)3)7-15-11(12)14;1-4-5-9(12)11-8(7(2)3)6-14-10(11)13/h2-13,18H,1H3;3-9,11,13H,10H2,1-2H3;5-6,8-9H,4,7H2,1-3H3;4-5,7-8H,6H2,1-3H3/b12-9+;9-8+;6-5+;5-4+/t13-,18+;13-;9-;8-/m0111/s1. The average Bonchev–Trinajstić information content (AvgIpc) is 4.16. The number of rotatable bonds is 11. The molecule has 4 aliphatic heterocycles. The van der Waals surface area contributed by atoms with Crippen LogP contribution in [0.1, 0.15) is 97.1 Å². The van der Waals surface area contributed by atoms with Crippen molar-refractivity contribution in [3.05, 3.63) is 144 Å². The Balaban J connectivity index is 0.000000225. The number of allylic oxidation sites excluding steroid dienone is 2. The summed E-state index contributed by atoms with van der Waals surface area (Å²) in [5, 5.41) is 0. The summed E-state index contributed by atoms with van der Waals surface area (Å²) in [5.74, 6) is -0.880. The minimum Gasteiger partial charge on any atom is -0.447 e. The van der Waals surface area contributed by atoms with E-state index in [0.29, 0.717) is 18.8 Å². The van der Waals surface area contributed by atoms with E-state index in [1.165, 1.54) is 51.1 Å². The number of hydrogen-bond donors (Lipinski definition) is 0. The van der Waals surface area contributed by atoms with E-state index >= 15 is 0 Å². The van der Waals surface area contributed by atoms with Crippen LogP contribution in [0, 0.1) is 17.8 Å². The molecule has 402 valence electrons. The molecule has 0 N–H and O–H groups in total. The van der Waals surface area contributed by atoms with Gasteiger partial charge in [-0.05, 0) is 91.1 Å². The van der Waals surface area contributed by atoms with Gasteiger partial charge in [0.15, 0.2) is 0 Å². The lowest BCUT2D eigenvalue weighted by Gasteiger charge is -2.20. The van der Waals surface area contributed by atoms with Gasteiger partial charge in [-0.25, -0.2) is 38.8 Å². The SMILES string of the molecule is C/C=C/C(=O)N1C(=O)OC[C@@H]1C(C)C.CC(C)[C@H]1COC(=O)N1C(=O)/C=C/c1ccccc1.CC/C=C/C(=O)N1C(=O)OC[C@@H]1C(C)C.C[C@H]1[C@H](c2ccccc2)OC(=O)N1C(=O)/C=C/c1ccc(C(F)(F)F)cc1. The van der Waals surface area contributed by atoms with Crippen LogP contribution in [0.3, 0.4) is 0 Å². The van der Waals surface area contributed by atoms with Crippen LogP contribution in [0.15, 0.2) is 121 Å². The maximum absolute atomic E-state index is 12.6. The predicted molar refractivity (Wildman–Crippen MR) is 273 cm³/mol. The van der Waals surface area contributed by atoms with Crippen LogP contribution in [0.5, 0.6) is 0 Å². The third-order valence-corrected chi connectivity index (χ3v) is 12.1. The maximum atomic E-state index is 12.6. The summed E-state index contributed by atoms with van der Waals surface area (Å²) in [6.07, 6.45) is 5.21. The highest BCUT2D eigenvalue weighted by atomic mass is 19.4. The van der Waals surface area contributed by atoms with E-state index in [2.05, 4.69) is 0 Å². The summed E-state index contributed by atoms with van der Waals surface area (Å²) in [4.78, 5) is 98.5. The van der Waals surface area contributed by atoms with Crippen LogP contribution in [0.4, 0.5) is 32.3 Å². The third-order valence-electron chi connectivity index (χ3n) is 12.1. The molecule has 4 saturated heterocycles. The fourth-order valence-corrected chi connectivity index (χ4v) is 7.75. The largest absolute Gasteiger partial charge is 0.447 e. The molecule has 0 aromatic heterocycles. The first-order valence-electron chi connectivity index (χ1n) is 24.5. The normalized spacial score (nSPS) is 20.5. The summed E-state index contributed by atoms with van der Waals surface area (Å²) < 4.78 is 57.7. The van der Waals surface area contributed by atoms with Crippen LogP contribution in [-0.4, -0.2) is 112 Å². The summed E-state index contributed by atoms with van der Waals surface area (Å²) >= 11 is 0. The Morgan fingerprint density at radius 1 is 0.560 bits per heavy atom. The first-order valence-corrected chi connectivity index (χ1v) is 24.5. The van der Waals surface area contributed by atoms with E-state index in [1.807, 2.05) is 97.0 Å². The van der Waals surface area contributed by atoms with Crippen molar-refractivity contribution in [1.82, 2.24) is 19.6 Å². The van der Waals surface area contributed by atoms with Crippen molar-refractivity contribution >= 4 is 60.2 Å². The Hall–Kier alpha value is -7.83. The van der Waals surface area contributed by atoms with Crippen molar-refractivity contribution < 1.29 is 70.5 Å². The molecule has 75 heavy (non-hydrogen) atoms. The number of nitrogens with zero attached hydrogens (tertiary/aromatic N) is 4. The second-order valence-corrected chi connectivity index (χ2v) is 18.5. The summed E-state index contributed by atoms with van der Waals surface area (Å²) in [6.45, 7) is 18.1. The summed E-state index contributed by atoms with van der Waals surface area (Å²) in [6, 6.07) is 22.0. The average molecular weight is 1040 g/mol. The van der Waals surface area contributed by atoms with Gasteiger partial charge in [0.25, 0.3) is 23.6 Å². The molecule has 3 aromatic carbocycles. The Morgan fingerprint density at radius 2 is 0.947 bits per heavy atom. The van der Waals surface area contributed by atoms with Gasteiger partial charge in [-0.1, -0.05) is 133 Å². The minimum absolute atomic E-state index is 0.133. The van der Waals surface area contributed by atoms with Gasteiger partial charge < -0.3 is 18.9 Å². The molecule has 4 fully saturated rings. The van der Waals surface area contributed by atoms with E-state index in [1.54, 1.807) is 44.2 Å². The second kappa shape index (κ2) is 28.0. The molecule has 0 aliphatic carbocycles. The van der Waals surface area contributed by atoms with Gasteiger partial charge in [0.1, 0.15) is 25.9 Å². The zero-order valence-corrected chi connectivity index (χ0v) is 43.5. The van der Waals surface area contributed by atoms with Crippen molar-refractivity contribution in [2.24, 2.45) is 17.8 Å². The van der Waals surface area contributed by atoms with Gasteiger partial charge in [0, 0.05) is 12.2 Å². The van der Waals surface area contributed by atoms with Crippen molar-refractivity contribution in [3.63, 3.8) is 0 Å². The number of halogens is 3. The van der Waals surface area contributed by atoms with Crippen LogP contribution < -0.4 is 0 Å². The number of alkyl halides is 3. The molecule has 8 amide bonds. The lowest BCUT2D eigenvalue weighted by molar-refractivity contribution is -0.137. The van der Waals surface area contributed by atoms with Crippen LogP contribution >= 0.6 is 0 Å². The summed E-state index contributed by atoms with van der Waals surface area (Å²) in [5.41, 5.74) is 1.34.